The van der Waals surface area contributed by atoms with Gasteiger partial charge >= 0.3 is 12.4 Å². The van der Waals surface area contributed by atoms with Crippen molar-refractivity contribution in [3.63, 3.8) is 0 Å². The first-order valence-electron chi connectivity index (χ1n) is 9.40. The van der Waals surface area contributed by atoms with Crippen LogP contribution in [0.25, 0.3) is 11.1 Å². The number of hydrogen-bond donors (Lipinski definition) is 0. The van der Waals surface area contributed by atoms with E-state index in [-0.39, 0.29) is 10.6 Å². The monoisotopic (exact) mass is 490 g/mol. The molecule has 0 aliphatic carbocycles. The highest BCUT2D eigenvalue weighted by Gasteiger charge is 2.37. The van der Waals surface area contributed by atoms with Gasteiger partial charge in [-0.25, -0.2) is 4.39 Å². The van der Waals surface area contributed by atoms with Crippen molar-refractivity contribution in [3.05, 3.63) is 82.4 Å². The van der Waals surface area contributed by atoms with E-state index in [1.807, 2.05) is 0 Å². The quantitative estimate of drug-likeness (QED) is 0.265. The van der Waals surface area contributed by atoms with E-state index in [0.29, 0.717) is 11.1 Å². The van der Waals surface area contributed by atoms with Gasteiger partial charge in [0.25, 0.3) is 0 Å². The lowest BCUT2D eigenvalue weighted by Gasteiger charge is -2.13. The molecule has 3 rings (SSSR count). The van der Waals surface area contributed by atoms with Crippen molar-refractivity contribution >= 4 is 17.4 Å². The summed E-state index contributed by atoms with van der Waals surface area (Å²) in [7, 11) is 0. The summed E-state index contributed by atoms with van der Waals surface area (Å²) in [6.07, 6.45) is -10.2. The molecule has 3 aromatic rings. The molecule has 0 amide bonds. The number of benzene rings is 1. The van der Waals surface area contributed by atoms with E-state index < -0.39 is 54.1 Å². The molecule has 1 unspecified atom stereocenters. The van der Waals surface area contributed by atoms with Crippen LogP contribution in [0, 0.1) is 0 Å². The Morgan fingerprint density at radius 1 is 0.939 bits per heavy atom. The standard InChI is InChI=1S/C22H14ClF7N2O/c23-16-10-12(13-4-8-19(32-11-13)21(25,26)27)3-5-14(16)17(24)6-7-18(33)15-2-1-9-31-20(15)22(28,29)30/h1-5,8-11,17H,6-7H2. The minimum absolute atomic E-state index is 0.00433. The smallest absolute Gasteiger partial charge is 0.294 e. The first-order valence-corrected chi connectivity index (χ1v) is 9.78. The van der Waals surface area contributed by atoms with Crippen molar-refractivity contribution in [3.8, 4) is 11.1 Å². The molecule has 174 valence electrons. The van der Waals surface area contributed by atoms with E-state index in [9.17, 15) is 35.5 Å². The summed E-state index contributed by atoms with van der Waals surface area (Å²) in [5.41, 5.74) is -2.34. The van der Waals surface area contributed by atoms with Crippen molar-refractivity contribution in [1.29, 1.82) is 0 Å². The summed E-state index contributed by atoms with van der Waals surface area (Å²) in [5, 5.41) is -0.0512. The third kappa shape index (κ3) is 5.87. The summed E-state index contributed by atoms with van der Waals surface area (Å²) < 4.78 is 91.7. The number of pyridine rings is 2. The molecular formula is C22H14ClF7N2O. The molecule has 1 aromatic carbocycles. The molecule has 0 saturated heterocycles. The third-order valence-electron chi connectivity index (χ3n) is 4.73. The van der Waals surface area contributed by atoms with Crippen LogP contribution in [-0.4, -0.2) is 15.8 Å². The number of alkyl halides is 7. The average Bonchev–Trinajstić information content (AvgIpc) is 2.76. The van der Waals surface area contributed by atoms with E-state index in [1.54, 1.807) is 0 Å². The fourth-order valence-corrected chi connectivity index (χ4v) is 3.40. The molecule has 0 fully saturated rings. The van der Waals surface area contributed by atoms with Gasteiger partial charge in [0.2, 0.25) is 0 Å². The van der Waals surface area contributed by atoms with Crippen molar-refractivity contribution in [2.45, 2.75) is 31.4 Å². The van der Waals surface area contributed by atoms with Crippen LogP contribution in [0.15, 0.2) is 54.9 Å². The van der Waals surface area contributed by atoms with Gasteiger partial charge < -0.3 is 0 Å². The highest BCUT2D eigenvalue weighted by Crippen LogP contribution is 2.35. The van der Waals surface area contributed by atoms with Crippen molar-refractivity contribution in [2.75, 3.05) is 0 Å². The van der Waals surface area contributed by atoms with Crippen LogP contribution in [0.1, 0.15) is 46.3 Å². The first-order chi connectivity index (χ1) is 15.4. The molecule has 33 heavy (non-hydrogen) atoms. The maximum atomic E-state index is 14.7. The fourth-order valence-electron chi connectivity index (χ4n) is 3.10. The zero-order chi connectivity index (χ0) is 24.4. The zero-order valence-electron chi connectivity index (χ0n) is 16.5. The van der Waals surface area contributed by atoms with E-state index in [4.69, 9.17) is 11.6 Å². The predicted molar refractivity (Wildman–Crippen MR) is 106 cm³/mol. The number of aromatic nitrogens is 2. The highest BCUT2D eigenvalue weighted by molar-refractivity contribution is 6.31. The van der Waals surface area contributed by atoms with Crippen LogP contribution in [0.2, 0.25) is 5.02 Å². The number of halogens is 8. The molecule has 0 N–H and O–H groups in total. The lowest BCUT2D eigenvalue weighted by Crippen LogP contribution is -2.15. The van der Waals surface area contributed by atoms with Gasteiger partial charge in [0.1, 0.15) is 11.9 Å². The average molecular weight is 491 g/mol. The minimum atomic E-state index is -4.83. The van der Waals surface area contributed by atoms with Gasteiger partial charge in [0.15, 0.2) is 11.5 Å². The molecule has 0 bridgehead atoms. The van der Waals surface area contributed by atoms with E-state index in [1.165, 1.54) is 30.3 Å². The maximum absolute atomic E-state index is 14.7. The van der Waals surface area contributed by atoms with Crippen molar-refractivity contribution in [1.82, 2.24) is 9.97 Å². The van der Waals surface area contributed by atoms with Crippen molar-refractivity contribution < 1.29 is 35.5 Å². The van der Waals surface area contributed by atoms with Gasteiger partial charge in [-0.2, -0.15) is 26.3 Å². The number of carbonyl (C=O) groups is 1. The van der Waals surface area contributed by atoms with Gasteiger partial charge in [0.05, 0.1) is 0 Å². The Kier molecular flexibility index (Phi) is 7.06. The molecule has 11 heteroatoms. The molecule has 1 atom stereocenters. The van der Waals surface area contributed by atoms with Crippen LogP contribution in [0.3, 0.4) is 0 Å². The predicted octanol–water partition coefficient (Wildman–Crippen LogP) is 7.51. The molecule has 0 spiro atoms. The van der Waals surface area contributed by atoms with Crippen LogP contribution >= 0.6 is 11.6 Å². The Morgan fingerprint density at radius 3 is 2.21 bits per heavy atom. The number of carbonyl (C=O) groups excluding carboxylic acids is 1. The van der Waals surface area contributed by atoms with Gasteiger partial charge in [-0.05, 0) is 36.2 Å². The Hall–Kier alpha value is -3.01. The summed E-state index contributed by atoms with van der Waals surface area (Å²) >= 11 is 6.11. The SMILES string of the molecule is O=C(CCC(F)c1ccc(-c2ccc(C(F)(F)F)nc2)cc1Cl)c1cccnc1C(F)(F)F. The lowest BCUT2D eigenvalue weighted by molar-refractivity contribution is -0.142. The number of ketones is 1. The van der Waals surface area contributed by atoms with Crippen molar-refractivity contribution in [2.24, 2.45) is 0 Å². The fraction of sp³-hybridized carbons (Fsp3) is 0.227. The van der Waals surface area contributed by atoms with E-state index in [0.717, 1.165) is 24.5 Å². The molecule has 2 aromatic heterocycles. The Morgan fingerprint density at radius 2 is 1.64 bits per heavy atom. The van der Waals surface area contributed by atoms with Crippen LogP contribution in [0.4, 0.5) is 30.7 Å². The Bertz CT molecular complexity index is 1140. The van der Waals surface area contributed by atoms with Crippen LogP contribution in [0.5, 0.6) is 0 Å². The second kappa shape index (κ2) is 9.46. The number of rotatable bonds is 6. The Balaban J connectivity index is 1.72. The summed E-state index contributed by atoms with van der Waals surface area (Å²) in [6, 6.07) is 8.20. The molecule has 0 aliphatic rings. The normalized spacial score (nSPS) is 13.1. The molecule has 3 nitrogen and oxygen atoms in total. The second-order valence-electron chi connectivity index (χ2n) is 6.99. The molecule has 0 radical (unpaired) electrons. The van der Waals surface area contributed by atoms with Crippen LogP contribution in [-0.2, 0) is 12.4 Å². The van der Waals surface area contributed by atoms with E-state index in [2.05, 4.69) is 9.97 Å². The molecule has 0 saturated carbocycles. The third-order valence-corrected chi connectivity index (χ3v) is 5.05. The highest BCUT2D eigenvalue weighted by atomic mass is 35.5. The van der Waals surface area contributed by atoms with Gasteiger partial charge in [-0.15, -0.1) is 0 Å². The molecule has 2 heterocycles. The number of Topliss-reactive ketones (excluding diaryl/α,β-unsaturated/α-hetero) is 1. The topological polar surface area (TPSA) is 42.9 Å². The summed E-state index contributed by atoms with van der Waals surface area (Å²) in [6.45, 7) is 0. The van der Waals surface area contributed by atoms with Gasteiger partial charge in [0, 0.05) is 40.5 Å². The number of nitrogens with zero attached hydrogens (tertiary/aromatic N) is 2. The summed E-state index contributed by atoms with van der Waals surface area (Å²) in [5.74, 6) is -0.915. The Labute approximate surface area is 188 Å². The van der Waals surface area contributed by atoms with Gasteiger partial charge in [-0.3, -0.25) is 14.8 Å². The zero-order valence-corrected chi connectivity index (χ0v) is 17.3. The van der Waals surface area contributed by atoms with Crippen LogP contribution < -0.4 is 0 Å². The van der Waals surface area contributed by atoms with E-state index >= 15 is 0 Å². The second-order valence-corrected chi connectivity index (χ2v) is 7.40. The lowest BCUT2D eigenvalue weighted by atomic mass is 9.98. The maximum Gasteiger partial charge on any atom is 0.434 e. The largest absolute Gasteiger partial charge is 0.434 e. The van der Waals surface area contributed by atoms with Gasteiger partial charge in [-0.1, -0.05) is 29.8 Å². The summed E-state index contributed by atoms with van der Waals surface area (Å²) in [4.78, 5) is 18.8. The molecular weight excluding hydrogens is 477 g/mol. The molecule has 0 aliphatic heterocycles. The number of hydrogen-bond acceptors (Lipinski definition) is 3. The first kappa shape index (κ1) is 24.6. The minimum Gasteiger partial charge on any atom is -0.294 e.